The van der Waals surface area contributed by atoms with Crippen LogP contribution < -0.4 is 10.1 Å². The molecule has 4 heteroatoms. The molecule has 0 aromatic heterocycles. The molecule has 0 aliphatic carbocycles. The summed E-state index contributed by atoms with van der Waals surface area (Å²) in [5.74, 6) is 0.253. The first-order chi connectivity index (χ1) is 11.6. The summed E-state index contributed by atoms with van der Waals surface area (Å²) in [5, 5.41) is 12.0. The van der Waals surface area contributed by atoms with Crippen LogP contribution in [0.4, 0.5) is 0 Å². The first-order valence-electron chi connectivity index (χ1n) is 8.10. The Morgan fingerprint density at radius 1 is 1.12 bits per heavy atom. The maximum Gasteiger partial charge on any atom is 0.260 e. The van der Waals surface area contributed by atoms with Crippen LogP contribution in [0.1, 0.15) is 31.4 Å². The van der Waals surface area contributed by atoms with Crippen LogP contribution in [0, 0.1) is 11.3 Å². The predicted octanol–water partition coefficient (Wildman–Crippen LogP) is 3.46. The number of nitrogens with zero attached hydrogens (tertiary/aromatic N) is 1. The minimum Gasteiger partial charge on any atom is -0.480 e. The normalized spacial score (nSPS) is 12.7. The summed E-state index contributed by atoms with van der Waals surface area (Å²) in [6, 6.07) is 19.2. The van der Waals surface area contributed by atoms with Crippen LogP contribution in [0.5, 0.6) is 5.75 Å². The number of nitrogens with one attached hydrogen (secondary N) is 1. The van der Waals surface area contributed by atoms with Crippen molar-refractivity contribution in [1.29, 1.82) is 5.26 Å². The van der Waals surface area contributed by atoms with Crippen molar-refractivity contribution < 1.29 is 9.53 Å². The number of carbonyl (C=O) groups is 1. The lowest BCUT2D eigenvalue weighted by Gasteiger charge is -2.19. The Bertz CT molecular complexity index is 707. The van der Waals surface area contributed by atoms with Crippen molar-refractivity contribution in [1.82, 2.24) is 5.32 Å². The van der Waals surface area contributed by atoms with Gasteiger partial charge in [0.15, 0.2) is 6.10 Å². The monoisotopic (exact) mass is 322 g/mol. The average Bonchev–Trinajstić information content (AvgIpc) is 2.61. The van der Waals surface area contributed by atoms with E-state index in [0.717, 1.165) is 12.8 Å². The molecular weight excluding hydrogens is 300 g/mol. The second-order valence-electron chi connectivity index (χ2n) is 5.80. The lowest BCUT2D eigenvalue weighted by molar-refractivity contribution is -0.127. The third-order valence-electron chi connectivity index (χ3n) is 3.78. The van der Waals surface area contributed by atoms with E-state index in [2.05, 4.69) is 23.5 Å². The number of amides is 1. The largest absolute Gasteiger partial charge is 0.480 e. The molecule has 1 amide bonds. The standard InChI is InChI=1S/C20H22N2O2/c1-15(12-13-17-8-4-3-5-9-17)22-20(23)16(2)24-19-11-7-6-10-18(19)14-21/h3-11,15-16H,12-13H2,1-2H3,(H,22,23)/t15-,16+/m1/s1. The highest BCUT2D eigenvalue weighted by atomic mass is 16.5. The van der Waals surface area contributed by atoms with Gasteiger partial charge in [-0.25, -0.2) is 0 Å². The fourth-order valence-corrected chi connectivity index (χ4v) is 2.37. The Morgan fingerprint density at radius 2 is 1.79 bits per heavy atom. The molecule has 0 aliphatic rings. The number of hydrogen-bond acceptors (Lipinski definition) is 3. The number of rotatable bonds is 7. The van der Waals surface area contributed by atoms with Gasteiger partial charge in [0.1, 0.15) is 11.8 Å². The van der Waals surface area contributed by atoms with Crippen molar-refractivity contribution in [2.75, 3.05) is 0 Å². The topological polar surface area (TPSA) is 62.1 Å². The van der Waals surface area contributed by atoms with Gasteiger partial charge in [0, 0.05) is 6.04 Å². The van der Waals surface area contributed by atoms with Gasteiger partial charge in [0.25, 0.3) is 5.91 Å². The fraction of sp³-hybridized carbons (Fsp3) is 0.300. The quantitative estimate of drug-likeness (QED) is 0.849. The zero-order valence-corrected chi connectivity index (χ0v) is 14.0. The Hall–Kier alpha value is -2.80. The molecule has 0 radical (unpaired) electrons. The summed E-state index contributed by atoms with van der Waals surface area (Å²) >= 11 is 0. The Kier molecular flexibility index (Phi) is 6.39. The van der Waals surface area contributed by atoms with E-state index in [9.17, 15) is 4.79 Å². The number of aryl methyl sites for hydroxylation is 1. The van der Waals surface area contributed by atoms with Crippen LogP contribution in [0.3, 0.4) is 0 Å². The highest BCUT2D eigenvalue weighted by Crippen LogP contribution is 2.18. The van der Waals surface area contributed by atoms with E-state index < -0.39 is 6.10 Å². The lowest BCUT2D eigenvalue weighted by Crippen LogP contribution is -2.41. The highest BCUT2D eigenvalue weighted by molar-refractivity contribution is 5.81. The van der Waals surface area contributed by atoms with E-state index in [-0.39, 0.29) is 11.9 Å². The van der Waals surface area contributed by atoms with Crippen molar-refractivity contribution in [3.05, 3.63) is 65.7 Å². The van der Waals surface area contributed by atoms with E-state index in [1.165, 1.54) is 5.56 Å². The van der Waals surface area contributed by atoms with Gasteiger partial charge in [0.2, 0.25) is 0 Å². The molecule has 0 unspecified atom stereocenters. The van der Waals surface area contributed by atoms with E-state index in [0.29, 0.717) is 11.3 Å². The average molecular weight is 322 g/mol. The van der Waals surface area contributed by atoms with Crippen LogP contribution in [0.2, 0.25) is 0 Å². The number of ether oxygens (including phenoxy) is 1. The fourth-order valence-electron chi connectivity index (χ4n) is 2.37. The van der Waals surface area contributed by atoms with Gasteiger partial charge in [-0.15, -0.1) is 0 Å². The Labute approximate surface area is 143 Å². The second-order valence-corrected chi connectivity index (χ2v) is 5.80. The summed E-state index contributed by atoms with van der Waals surface area (Å²) in [7, 11) is 0. The summed E-state index contributed by atoms with van der Waals surface area (Å²) in [6.07, 6.45) is 1.12. The van der Waals surface area contributed by atoms with Gasteiger partial charge < -0.3 is 10.1 Å². The number of hydrogen-bond donors (Lipinski definition) is 1. The van der Waals surface area contributed by atoms with E-state index in [1.54, 1.807) is 31.2 Å². The van der Waals surface area contributed by atoms with Gasteiger partial charge >= 0.3 is 0 Å². The Balaban J connectivity index is 1.83. The van der Waals surface area contributed by atoms with Crippen molar-refractivity contribution >= 4 is 5.91 Å². The van der Waals surface area contributed by atoms with Crippen molar-refractivity contribution in [2.45, 2.75) is 38.8 Å². The van der Waals surface area contributed by atoms with Crippen LogP contribution in [0.25, 0.3) is 0 Å². The molecule has 0 aliphatic heterocycles. The van der Waals surface area contributed by atoms with E-state index >= 15 is 0 Å². The molecular formula is C20H22N2O2. The predicted molar refractivity (Wildman–Crippen MR) is 93.6 cm³/mol. The molecule has 1 N–H and O–H groups in total. The van der Waals surface area contributed by atoms with Crippen LogP contribution in [0.15, 0.2) is 54.6 Å². The van der Waals surface area contributed by atoms with Gasteiger partial charge in [-0.05, 0) is 44.4 Å². The van der Waals surface area contributed by atoms with Crippen molar-refractivity contribution in [2.24, 2.45) is 0 Å². The smallest absolute Gasteiger partial charge is 0.260 e. The summed E-state index contributed by atoms with van der Waals surface area (Å²) in [6.45, 7) is 3.67. The first-order valence-corrected chi connectivity index (χ1v) is 8.10. The number of carbonyl (C=O) groups excluding carboxylic acids is 1. The minimum absolute atomic E-state index is 0.0509. The van der Waals surface area contributed by atoms with Crippen molar-refractivity contribution in [3.8, 4) is 11.8 Å². The van der Waals surface area contributed by atoms with E-state index in [1.807, 2.05) is 25.1 Å². The van der Waals surface area contributed by atoms with Gasteiger partial charge in [0.05, 0.1) is 5.56 Å². The molecule has 0 spiro atoms. The molecule has 0 saturated carbocycles. The Morgan fingerprint density at radius 3 is 2.50 bits per heavy atom. The lowest BCUT2D eigenvalue weighted by atomic mass is 10.1. The van der Waals surface area contributed by atoms with Crippen LogP contribution >= 0.6 is 0 Å². The number of benzene rings is 2. The molecule has 24 heavy (non-hydrogen) atoms. The van der Waals surface area contributed by atoms with Crippen molar-refractivity contribution in [3.63, 3.8) is 0 Å². The first kappa shape index (κ1) is 17.6. The van der Waals surface area contributed by atoms with E-state index in [4.69, 9.17) is 10.00 Å². The molecule has 2 aromatic carbocycles. The second kappa shape index (κ2) is 8.73. The molecule has 0 fully saturated rings. The minimum atomic E-state index is -0.654. The molecule has 0 heterocycles. The molecule has 124 valence electrons. The molecule has 2 rings (SSSR count). The molecule has 0 bridgehead atoms. The highest BCUT2D eigenvalue weighted by Gasteiger charge is 2.18. The molecule has 2 atom stereocenters. The summed E-state index contributed by atoms with van der Waals surface area (Å²) in [5.41, 5.74) is 1.68. The molecule has 2 aromatic rings. The van der Waals surface area contributed by atoms with Gasteiger partial charge in [-0.2, -0.15) is 5.26 Å². The zero-order valence-electron chi connectivity index (χ0n) is 14.0. The summed E-state index contributed by atoms with van der Waals surface area (Å²) < 4.78 is 5.63. The SMILES string of the molecule is C[C@H](CCc1ccccc1)NC(=O)[C@H](C)Oc1ccccc1C#N. The van der Waals surface area contributed by atoms with Crippen LogP contribution in [-0.2, 0) is 11.2 Å². The van der Waals surface area contributed by atoms with Gasteiger partial charge in [-0.1, -0.05) is 42.5 Å². The summed E-state index contributed by atoms with van der Waals surface area (Å²) in [4.78, 5) is 12.2. The number of nitriles is 1. The third-order valence-corrected chi connectivity index (χ3v) is 3.78. The maximum atomic E-state index is 12.2. The maximum absolute atomic E-state index is 12.2. The third kappa shape index (κ3) is 5.13. The zero-order chi connectivity index (χ0) is 17.4. The number of para-hydroxylation sites is 1. The van der Waals surface area contributed by atoms with Gasteiger partial charge in [-0.3, -0.25) is 4.79 Å². The molecule has 4 nitrogen and oxygen atoms in total. The van der Waals surface area contributed by atoms with Crippen LogP contribution in [-0.4, -0.2) is 18.1 Å². The molecule has 0 saturated heterocycles.